The van der Waals surface area contributed by atoms with Gasteiger partial charge in [0.15, 0.2) is 0 Å². The number of aromatic nitrogens is 1. The fourth-order valence-electron chi connectivity index (χ4n) is 6.37. The summed E-state index contributed by atoms with van der Waals surface area (Å²) in [6.07, 6.45) is -4.35. The molecule has 3 amide bonds. The molecule has 0 unspecified atom stereocenters. The zero-order valence-electron chi connectivity index (χ0n) is 24.4. The van der Waals surface area contributed by atoms with Gasteiger partial charge in [-0.1, -0.05) is 11.6 Å². The van der Waals surface area contributed by atoms with Crippen LogP contribution in [0, 0.1) is 5.82 Å². The molecule has 3 saturated heterocycles. The summed E-state index contributed by atoms with van der Waals surface area (Å²) < 4.78 is 80.1. The quantitative estimate of drug-likeness (QED) is 0.374. The normalized spacial score (nSPS) is 22.7. The highest BCUT2D eigenvalue weighted by atomic mass is 35.5. The molecular weight excluding hydrogens is 674 g/mol. The van der Waals surface area contributed by atoms with E-state index in [1.54, 1.807) is 11.0 Å². The van der Waals surface area contributed by atoms with Gasteiger partial charge in [-0.05, 0) is 62.7 Å². The van der Waals surface area contributed by atoms with Crippen LogP contribution < -0.4 is 4.72 Å². The number of amides is 3. The number of halogens is 5. The molecule has 0 radical (unpaired) electrons. The smallest absolute Gasteiger partial charge is 0.351 e. The number of hydrogen-bond acceptors (Lipinski definition) is 6. The number of carbonyl (C=O) groups excluding carboxylic acids is 3. The Morgan fingerprint density at radius 3 is 2.41 bits per heavy atom. The molecule has 1 aromatic heterocycles. The summed E-state index contributed by atoms with van der Waals surface area (Å²) in [5.74, 6) is -1.46. The van der Waals surface area contributed by atoms with Crippen molar-refractivity contribution in [3.05, 3.63) is 64.6 Å². The summed E-state index contributed by atoms with van der Waals surface area (Å²) in [6.45, 7) is 3.34. The predicted molar refractivity (Wildman–Crippen MR) is 162 cm³/mol. The molecule has 0 spiro atoms. The lowest BCUT2D eigenvalue weighted by Crippen LogP contribution is -2.59. The first-order valence-electron chi connectivity index (χ1n) is 14.2. The van der Waals surface area contributed by atoms with Gasteiger partial charge >= 0.3 is 6.18 Å². The van der Waals surface area contributed by atoms with Gasteiger partial charge in [0.2, 0.25) is 21.8 Å². The third kappa shape index (κ3) is 5.84. The molecule has 0 aliphatic carbocycles. The SMILES string of the molecule is CC1(C)SCN(C(=O)c2cc3cc(F)ccc3[nH]2)[C@@H]1C(=O)N1C[C@@H]2C[C@H]1CN2C(=O)CNS(=O)(=O)c1cc(C(F)(F)F)ccc1Cl. The van der Waals surface area contributed by atoms with E-state index >= 15 is 0 Å². The highest BCUT2D eigenvalue weighted by molar-refractivity contribution is 8.00. The van der Waals surface area contributed by atoms with E-state index in [4.69, 9.17) is 11.6 Å². The number of nitrogens with one attached hydrogen (secondary N) is 2. The van der Waals surface area contributed by atoms with Gasteiger partial charge in [0.1, 0.15) is 22.4 Å². The van der Waals surface area contributed by atoms with Gasteiger partial charge in [-0.25, -0.2) is 17.5 Å². The second kappa shape index (κ2) is 11.4. The molecule has 3 atom stereocenters. The van der Waals surface area contributed by atoms with Gasteiger partial charge in [-0.3, -0.25) is 14.4 Å². The number of benzene rings is 2. The molecule has 17 heteroatoms. The number of sulfonamides is 1. The fourth-order valence-corrected chi connectivity index (χ4v) is 8.99. The van der Waals surface area contributed by atoms with Gasteiger partial charge in [-0.2, -0.15) is 13.2 Å². The van der Waals surface area contributed by atoms with E-state index < -0.39 is 72.7 Å². The minimum absolute atomic E-state index is 0.128. The van der Waals surface area contributed by atoms with Crippen LogP contribution in [0.1, 0.15) is 36.3 Å². The number of fused-ring (bicyclic) bond motifs is 3. The molecule has 3 aliphatic rings. The molecule has 4 heterocycles. The zero-order chi connectivity index (χ0) is 33.3. The Balaban J connectivity index is 1.12. The Bertz CT molecular complexity index is 1870. The predicted octanol–water partition coefficient (Wildman–Crippen LogP) is 4.06. The van der Waals surface area contributed by atoms with Crippen LogP contribution in [0.3, 0.4) is 0 Å². The van der Waals surface area contributed by atoms with Crippen LogP contribution in [0.2, 0.25) is 5.02 Å². The molecule has 0 saturated carbocycles. The fraction of sp³-hybridized carbons (Fsp3) is 0.414. The maximum Gasteiger partial charge on any atom is 0.416 e. The number of H-pyrrole nitrogens is 1. The van der Waals surface area contributed by atoms with E-state index in [0.29, 0.717) is 29.5 Å². The molecule has 46 heavy (non-hydrogen) atoms. The van der Waals surface area contributed by atoms with Crippen LogP contribution in [0.4, 0.5) is 17.6 Å². The van der Waals surface area contributed by atoms with Crippen molar-refractivity contribution in [3.63, 3.8) is 0 Å². The zero-order valence-corrected chi connectivity index (χ0v) is 26.8. The average Bonchev–Trinajstić information content (AvgIpc) is 3.76. The summed E-state index contributed by atoms with van der Waals surface area (Å²) >= 11 is 7.33. The molecule has 246 valence electrons. The molecule has 3 fully saturated rings. The van der Waals surface area contributed by atoms with Crippen molar-refractivity contribution in [1.29, 1.82) is 0 Å². The Labute approximate surface area is 270 Å². The molecule has 3 aromatic rings. The second-order valence-corrected chi connectivity index (χ2v) is 15.8. The Morgan fingerprint density at radius 2 is 1.74 bits per heavy atom. The molecule has 3 aliphatic heterocycles. The third-order valence-electron chi connectivity index (χ3n) is 8.66. The number of carbonyl (C=O) groups is 3. The highest BCUT2D eigenvalue weighted by Gasteiger charge is 2.54. The van der Waals surface area contributed by atoms with Crippen molar-refractivity contribution in [2.45, 2.75) is 54.2 Å². The largest absolute Gasteiger partial charge is 0.416 e. The van der Waals surface area contributed by atoms with E-state index in [-0.39, 0.29) is 36.6 Å². The topological polar surface area (TPSA) is 123 Å². The van der Waals surface area contributed by atoms with Gasteiger partial charge in [-0.15, -0.1) is 11.8 Å². The van der Waals surface area contributed by atoms with Crippen molar-refractivity contribution in [3.8, 4) is 0 Å². The third-order valence-corrected chi connectivity index (χ3v) is 11.9. The van der Waals surface area contributed by atoms with Crippen molar-refractivity contribution in [2.75, 3.05) is 25.5 Å². The minimum atomic E-state index is -4.79. The molecule has 6 rings (SSSR count). The van der Waals surface area contributed by atoms with Crippen molar-refractivity contribution < 1.29 is 40.4 Å². The lowest BCUT2D eigenvalue weighted by atomic mass is 9.99. The van der Waals surface area contributed by atoms with Gasteiger partial charge < -0.3 is 19.7 Å². The van der Waals surface area contributed by atoms with Crippen molar-refractivity contribution >= 4 is 62.0 Å². The molecule has 10 nitrogen and oxygen atoms in total. The number of rotatable bonds is 6. The van der Waals surface area contributed by atoms with Gasteiger partial charge in [0.05, 0.1) is 35.1 Å². The summed E-state index contributed by atoms with van der Waals surface area (Å²) in [7, 11) is -4.56. The summed E-state index contributed by atoms with van der Waals surface area (Å²) in [4.78, 5) is 47.5. The van der Waals surface area contributed by atoms with Crippen molar-refractivity contribution in [2.24, 2.45) is 0 Å². The van der Waals surface area contributed by atoms with E-state index in [2.05, 4.69) is 4.98 Å². The molecule has 2 aromatic carbocycles. The van der Waals surface area contributed by atoms with Crippen LogP contribution in [0.25, 0.3) is 10.9 Å². The van der Waals surface area contributed by atoms with Crippen LogP contribution in [-0.4, -0.2) is 94.2 Å². The highest BCUT2D eigenvalue weighted by Crippen LogP contribution is 2.43. The number of hydrogen-bond donors (Lipinski definition) is 2. The van der Waals surface area contributed by atoms with E-state index in [0.717, 1.165) is 6.07 Å². The molecule has 2 N–H and O–H groups in total. The molecular formula is C29H28ClF4N5O5S2. The van der Waals surface area contributed by atoms with E-state index in [9.17, 15) is 40.4 Å². The Hall–Kier alpha value is -3.34. The van der Waals surface area contributed by atoms with Crippen molar-refractivity contribution in [1.82, 2.24) is 24.4 Å². The minimum Gasteiger partial charge on any atom is -0.351 e. The number of piperazine rings is 1. The lowest BCUT2D eigenvalue weighted by molar-refractivity contribution is -0.142. The van der Waals surface area contributed by atoms with Crippen LogP contribution >= 0.6 is 23.4 Å². The summed E-state index contributed by atoms with van der Waals surface area (Å²) in [6, 6.07) is 5.97. The summed E-state index contributed by atoms with van der Waals surface area (Å²) in [5, 5.41) is 0.0976. The number of thioether (sulfide) groups is 1. The molecule has 2 bridgehead atoms. The maximum absolute atomic E-state index is 14.0. The van der Waals surface area contributed by atoms with Crippen LogP contribution in [-0.2, 0) is 25.8 Å². The van der Waals surface area contributed by atoms with Crippen LogP contribution in [0.15, 0.2) is 47.4 Å². The number of nitrogens with zero attached hydrogens (tertiary/aromatic N) is 3. The Kier molecular flexibility index (Phi) is 8.09. The second-order valence-electron chi connectivity index (χ2n) is 12.0. The number of aromatic amines is 1. The summed E-state index contributed by atoms with van der Waals surface area (Å²) in [5.41, 5.74) is -0.392. The lowest BCUT2D eigenvalue weighted by Gasteiger charge is -2.39. The standard InChI is InChI=1S/C29H28ClF4N5O5S2/c1-28(2)25(39(14-45-28)26(41)22-8-15-7-17(31)4-6-21(15)36-22)27(42)38-13-18-10-19(38)12-37(18)24(40)11-35-46(43,44)23-9-16(29(32,33)34)3-5-20(23)30/h3-9,18-19,25,35-36H,10-14H2,1-2H3/t18-,19-,25+/m0/s1. The Morgan fingerprint density at radius 1 is 1.04 bits per heavy atom. The first kappa shape index (κ1) is 32.6. The monoisotopic (exact) mass is 701 g/mol. The van der Waals surface area contributed by atoms with Crippen LogP contribution in [0.5, 0.6) is 0 Å². The number of alkyl halides is 3. The van der Waals surface area contributed by atoms with E-state index in [1.165, 1.54) is 39.8 Å². The average molecular weight is 702 g/mol. The van der Waals surface area contributed by atoms with Gasteiger partial charge in [0, 0.05) is 28.7 Å². The first-order valence-corrected chi connectivity index (χ1v) is 17.0. The maximum atomic E-state index is 14.0. The number of likely N-dealkylation sites (tertiary alicyclic amines) is 2. The first-order chi connectivity index (χ1) is 21.5. The van der Waals surface area contributed by atoms with Gasteiger partial charge in [0.25, 0.3) is 5.91 Å². The van der Waals surface area contributed by atoms with E-state index in [1.807, 2.05) is 18.6 Å².